The monoisotopic (exact) mass is 422 g/mol. The molecule has 0 fully saturated rings. The van der Waals surface area contributed by atoms with Crippen molar-refractivity contribution < 1.29 is 13.2 Å². The van der Waals surface area contributed by atoms with Crippen LogP contribution in [-0.4, -0.2) is 24.6 Å². The highest BCUT2D eigenvalue weighted by Crippen LogP contribution is 2.20. The van der Waals surface area contributed by atoms with Gasteiger partial charge in [0, 0.05) is 18.5 Å². The first-order chi connectivity index (χ1) is 12.8. The van der Waals surface area contributed by atoms with Gasteiger partial charge < -0.3 is 4.57 Å². The van der Waals surface area contributed by atoms with Crippen molar-refractivity contribution >= 4 is 48.9 Å². The smallest absolute Gasteiger partial charge is 0.248 e. The summed E-state index contributed by atoms with van der Waals surface area (Å²) in [5, 5.41) is 0.481. The number of benzene rings is 2. The van der Waals surface area contributed by atoms with Gasteiger partial charge in [-0.2, -0.15) is 4.99 Å². The number of carbonyl (C=O) groups excluding carboxylic acids is 1. The van der Waals surface area contributed by atoms with Gasteiger partial charge in [-0.1, -0.05) is 35.1 Å². The van der Waals surface area contributed by atoms with Crippen molar-refractivity contribution in [2.45, 2.75) is 24.7 Å². The molecule has 5 nitrogen and oxygen atoms in total. The van der Waals surface area contributed by atoms with Gasteiger partial charge in [0.25, 0.3) is 0 Å². The maximum atomic E-state index is 12.3. The lowest BCUT2D eigenvalue weighted by Gasteiger charge is -2.03. The number of fused-ring (bicyclic) bond motifs is 1. The highest BCUT2D eigenvalue weighted by molar-refractivity contribution is 7.91. The fraction of sp³-hybridized carbons (Fsp3) is 0.263. The predicted molar refractivity (Wildman–Crippen MR) is 109 cm³/mol. The number of halogens is 1. The summed E-state index contributed by atoms with van der Waals surface area (Å²) in [6.07, 6.45) is 0.307. The molecule has 0 atom stereocenters. The third kappa shape index (κ3) is 4.48. The number of aromatic nitrogens is 1. The van der Waals surface area contributed by atoms with E-state index >= 15 is 0 Å². The second kappa shape index (κ2) is 7.96. The summed E-state index contributed by atoms with van der Waals surface area (Å²) in [7, 11) is -1.56. The lowest BCUT2D eigenvalue weighted by atomic mass is 10.2. The van der Waals surface area contributed by atoms with Gasteiger partial charge in [-0.3, -0.25) is 4.79 Å². The Bertz CT molecular complexity index is 1160. The quantitative estimate of drug-likeness (QED) is 0.626. The van der Waals surface area contributed by atoms with Gasteiger partial charge in [0.1, 0.15) is 0 Å². The third-order valence-corrected chi connectivity index (χ3v) is 7.39. The van der Waals surface area contributed by atoms with E-state index in [2.05, 4.69) is 4.99 Å². The molecule has 8 heteroatoms. The minimum atomic E-state index is -3.43. The molecular formula is C19H19ClN2O3S2. The number of thiazole rings is 1. The van der Waals surface area contributed by atoms with Crippen molar-refractivity contribution in [2.24, 2.45) is 12.0 Å². The van der Waals surface area contributed by atoms with Crippen molar-refractivity contribution in [1.29, 1.82) is 0 Å². The van der Waals surface area contributed by atoms with Gasteiger partial charge >= 0.3 is 0 Å². The summed E-state index contributed by atoms with van der Waals surface area (Å²) < 4.78 is 27.6. The van der Waals surface area contributed by atoms with E-state index in [1.54, 1.807) is 12.1 Å². The van der Waals surface area contributed by atoms with E-state index in [0.29, 0.717) is 9.82 Å². The standard InChI is InChI=1S/C19H19ClN2O3S2/c1-13-5-3-6-16-18(13)22(2)19(26-16)21-17(23)7-4-12-27(24,25)15-10-8-14(20)9-11-15/h3,5-6,8-11H,4,7,12H2,1-2H3. The van der Waals surface area contributed by atoms with E-state index in [-0.39, 0.29) is 29.4 Å². The molecule has 27 heavy (non-hydrogen) atoms. The first-order valence-electron chi connectivity index (χ1n) is 8.39. The van der Waals surface area contributed by atoms with Crippen LogP contribution in [0.15, 0.2) is 52.4 Å². The van der Waals surface area contributed by atoms with Crippen LogP contribution < -0.4 is 4.80 Å². The Morgan fingerprint density at radius 1 is 1.19 bits per heavy atom. The third-order valence-electron chi connectivity index (χ3n) is 4.22. The lowest BCUT2D eigenvalue weighted by Crippen LogP contribution is -2.14. The van der Waals surface area contributed by atoms with Crippen LogP contribution in [0, 0.1) is 6.92 Å². The molecule has 1 amide bonds. The first-order valence-corrected chi connectivity index (χ1v) is 11.2. The Labute approximate surface area is 166 Å². The highest BCUT2D eigenvalue weighted by atomic mass is 35.5. The Balaban J connectivity index is 1.70. The molecule has 0 aliphatic heterocycles. The second-order valence-electron chi connectivity index (χ2n) is 6.25. The molecule has 0 saturated carbocycles. The van der Waals surface area contributed by atoms with Crippen LogP contribution in [0.2, 0.25) is 5.02 Å². The van der Waals surface area contributed by atoms with Crippen molar-refractivity contribution in [1.82, 2.24) is 4.57 Å². The minimum Gasteiger partial charge on any atom is -0.319 e. The molecule has 0 spiro atoms. The average molecular weight is 423 g/mol. The van der Waals surface area contributed by atoms with Gasteiger partial charge in [0.15, 0.2) is 14.6 Å². The van der Waals surface area contributed by atoms with Gasteiger partial charge in [-0.25, -0.2) is 8.42 Å². The predicted octanol–water partition coefficient (Wildman–Crippen LogP) is 3.88. The van der Waals surface area contributed by atoms with Crippen LogP contribution in [-0.2, 0) is 21.7 Å². The van der Waals surface area contributed by atoms with Crippen molar-refractivity contribution in [3.63, 3.8) is 0 Å². The Kier molecular flexibility index (Phi) is 5.83. The Morgan fingerprint density at radius 2 is 1.89 bits per heavy atom. The maximum Gasteiger partial charge on any atom is 0.248 e. The average Bonchev–Trinajstić information content (AvgIpc) is 2.92. The SMILES string of the molecule is Cc1cccc2sc(=NC(=O)CCCS(=O)(=O)c3ccc(Cl)cc3)n(C)c12. The van der Waals surface area contributed by atoms with Crippen LogP contribution in [0.5, 0.6) is 0 Å². The molecule has 0 aliphatic carbocycles. The van der Waals surface area contributed by atoms with Gasteiger partial charge in [0.05, 0.1) is 20.9 Å². The zero-order chi connectivity index (χ0) is 19.6. The molecule has 1 aromatic heterocycles. The fourth-order valence-corrected chi connectivity index (χ4v) is 5.39. The first kappa shape index (κ1) is 19.8. The zero-order valence-corrected chi connectivity index (χ0v) is 17.4. The van der Waals surface area contributed by atoms with Crippen molar-refractivity contribution in [3.05, 3.63) is 57.9 Å². The number of rotatable bonds is 5. The van der Waals surface area contributed by atoms with Crippen molar-refractivity contribution in [3.8, 4) is 0 Å². The molecule has 0 N–H and O–H groups in total. The van der Waals surface area contributed by atoms with E-state index in [9.17, 15) is 13.2 Å². The zero-order valence-electron chi connectivity index (χ0n) is 15.0. The molecule has 0 radical (unpaired) electrons. The number of para-hydroxylation sites is 1. The maximum absolute atomic E-state index is 12.3. The lowest BCUT2D eigenvalue weighted by molar-refractivity contribution is -0.118. The van der Waals surface area contributed by atoms with Gasteiger partial charge in [-0.15, -0.1) is 0 Å². The largest absolute Gasteiger partial charge is 0.319 e. The summed E-state index contributed by atoms with van der Waals surface area (Å²) in [5.41, 5.74) is 2.17. The normalized spacial score (nSPS) is 12.6. The number of carbonyl (C=O) groups is 1. The van der Waals surface area contributed by atoms with Gasteiger partial charge in [-0.05, 0) is 49.2 Å². The van der Waals surface area contributed by atoms with Gasteiger partial charge in [0.2, 0.25) is 5.91 Å². The molecule has 0 unspecified atom stereocenters. The van der Waals surface area contributed by atoms with Crippen LogP contribution in [0.25, 0.3) is 10.2 Å². The molecule has 142 valence electrons. The molecule has 2 aromatic carbocycles. The van der Waals surface area contributed by atoms with Crippen molar-refractivity contribution in [2.75, 3.05) is 5.75 Å². The van der Waals surface area contributed by atoms with Crippen LogP contribution in [0.4, 0.5) is 0 Å². The fourth-order valence-electron chi connectivity index (χ4n) is 2.84. The van der Waals surface area contributed by atoms with E-state index < -0.39 is 9.84 Å². The number of sulfone groups is 1. The summed E-state index contributed by atoms with van der Waals surface area (Å²) in [6.45, 7) is 2.02. The van der Waals surface area contributed by atoms with Crippen LogP contribution >= 0.6 is 22.9 Å². The number of hydrogen-bond donors (Lipinski definition) is 0. The molecule has 1 heterocycles. The molecule has 3 rings (SSSR count). The summed E-state index contributed by atoms with van der Waals surface area (Å²) in [4.78, 5) is 17.2. The number of amides is 1. The Hall–Kier alpha value is -1.96. The van der Waals surface area contributed by atoms with Crippen LogP contribution in [0.3, 0.4) is 0 Å². The number of nitrogens with zero attached hydrogens (tertiary/aromatic N) is 2. The molecule has 3 aromatic rings. The van der Waals surface area contributed by atoms with Crippen LogP contribution in [0.1, 0.15) is 18.4 Å². The summed E-state index contributed by atoms with van der Waals surface area (Å²) in [5.74, 6) is -0.422. The van der Waals surface area contributed by atoms with E-state index in [4.69, 9.17) is 11.6 Å². The number of hydrogen-bond acceptors (Lipinski definition) is 4. The minimum absolute atomic E-state index is 0.0834. The number of aryl methyl sites for hydroxylation is 2. The van der Waals surface area contributed by atoms with E-state index in [1.807, 2.05) is 36.7 Å². The van der Waals surface area contributed by atoms with E-state index in [0.717, 1.165) is 15.8 Å². The second-order valence-corrected chi connectivity index (χ2v) is 9.80. The topological polar surface area (TPSA) is 68.5 Å². The molecule has 0 aliphatic rings. The highest BCUT2D eigenvalue weighted by Gasteiger charge is 2.15. The molecular weight excluding hydrogens is 404 g/mol. The Morgan fingerprint density at radius 3 is 2.56 bits per heavy atom. The summed E-state index contributed by atoms with van der Waals surface area (Å²) >= 11 is 7.23. The summed E-state index contributed by atoms with van der Waals surface area (Å²) in [6, 6.07) is 12.0. The molecule has 0 bridgehead atoms. The van der Waals surface area contributed by atoms with E-state index in [1.165, 1.54) is 23.5 Å². The molecule has 0 saturated heterocycles.